The van der Waals surface area contributed by atoms with Crippen LogP contribution in [0.5, 0.6) is 0 Å². The normalized spacial score (nSPS) is 14.4. The molecule has 0 atom stereocenters. The number of benzene rings is 4. The van der Waals surface area contributed by atoms with Gasteiger partial charge in [-0.25, -0.2) is 0 Å². The highest BCUT2D eigenvalue weighted by Crippen LogP contribution is 2.50. The molecule has 31 heavy (non-hydrogen) atoms. The molecule has 2 nitrogen and oxygen atoms in total. The summed E-state index contributed by atoms with van der Waals surface area (Å²) in [5, 5.41) is 3.93. The first-order valence-electron chi connectivity index (χ1n) is 10.9. The zero-order chi connectivity index (χ0) is 20.7. The SMILES string of the molecule is CC1(C)c2c(ccc3c4ccccc4n(-c4ccccc4)c23)-n2c1cc1ccccc12. The van der Waals surface area contributed by atoms with Crippen molar-refractivity contribution in [2.75, 3.05) is 0 Å². The lowest BCUT2D eigenvalue weighted by Gasteiger charge is -2.21. The van der Waals surface area contributed by atoms with Crippen LogP contribution in [0.25, 0.3) is 44.1 Å². The molecule has 0 fully saturated rings. The van der Waals surface area contributed by atoms with Gasteiger partial charge < -0.3 is 9.13 Å². The molecule has 0 radical (unpaired) electrons. The lowest BCUT2D eigenvalue weighted by Crippen LogP contribution is -2.16. The Hall–Kier alpha value is -3.78. The Kier molecular flexibility index (Phi) is 3.10. The van der Waals surface area contributed by atoms with Gasteiger partial charge in [0.15, 0.2) is 0 Å². The molecule has 0 unspecified atom stereocenters. The van der Waals surface area contributed by atoms with Crippen molar-refractivity contribution in [2.24, 2.45) is 0 Å². The van der Waals surface area contributed by atoms with Gasteiger partial charge in [0, 0.05) is 38.5 Å². The van der Waals surface area contributed by atoms with Crippen molar-refractivity contribution >= 4 is 32.7 Å². The van der Waals surface area contributed by atoms with Gasteiger partial charge in [-0.05, 0) is 36.4 Å². The summed E-state index contributed by atoms with van der Waals surface area (Å²) in [6.07, 6.45) is 0. The highest BCUT2D eigenvalue weighted by atomic mass is 15.1. The van der Waals surface area contributed by atoms with Gasteiger partial charge in [0.2, 0.25) is 0 Å². The molecule has 1 aliphatic heterocycles. The number of fused-ring (bicyclic) bond motifs is 9. The number of para-hydroxylation sites is 3. The van der Waals surface area contributed by atoms with Crippen LogP contribution in [0.2, 0.25) is 0 Å². The van der Waals surface area contributed by atoms with E-state index >= 15 is 0 Å². The van der Waals surface area contributed by atoms with E-state index < -0.39 is 0 Å². The zero-order valence-corrected chi connectivity index (χ0v) is 17.6. The molecule has 7 rings (SSSR count). The van der Waals surface area contributed by atoms with Crippen LogP contribution < -0.4 is 0 Å². The van der Waals surface area contributed by atoms with Crippen LogP contribution in [0.4, 0.5) is 0 Å². The van der Waals surface area contributed by atoms with Crippen molar-refractivity contribution in [3.63, 3.8) is 0 Å². The Balaban J connectivity index is 1.71. The van der Waals surface area contributed by atoms with Gasteiger partial charge in [-0.3, -0.25) is 0 Å². The largest absolute Gasteiger partial charge is 0.312 e. The number of rotatable bonds is 1. The monoisotopic (exact) mass is 398 g/mol. The molecule has 1 aliphatic rings. The Morgan fingerprint density at radius 3 is 2.16 bits per heavy atom. The summed E-state index contributed by atoms with van der Waals surface area (Å²) in [4.78, 5) is 0. The molecule has 2 heteroatoms. The van der Waals surface area contributed by atoms with Gasteiger partial charge in [0.05, 0.1) is 22.2 Å². The molecule has 0 saturated carbocycles. The lowest BCUT2D eigenvalue weighted by molar-refractivity contribution is 0.647. The molecule has 0 amide bonds. The Labute approximate surface area is 181 Å². The summed E-state index contributed by atoms with van der Waals surface area (Å²) in [5.74, 6) is 0. The zero-order valence-electron chi connectivity index (χ0n) is 17.6. The Morgan fingerprint density at radius 2 is 1.32 bits per heavy atom. The molecule has 0 saturated heterocycles. The maximum Gasteiger partial charge on any atom is 0.0603 e. The van der Waals surface area contributed by atoms with Gasteiger partial charge in [-0.1, -0.05) is 74.5 Å². The predicted molar refractivity (Wildman–Crippen MR) is 130 cm³/mol. The minimum absolute atomic E-state index is 0.102. The summed E-state index contributed by atoms with van der Waals surface area (Å²) in [6.45, 7) is 4.74. The van der Waals surface area contributed by atoms with Crippen LogP contribution in [0, 0.1) is 0 Å². The third kappa shape index (κ3) is 2.02. The minimum Gasteiger partial charge on any atom is -0.312 e. The first-order chi connectivity index (χ1) is 15.2. The number of hydrogen-bond acceptors (Lipinski definition) is 0. The number of aromatic nitrogens is 2. The van der Waals surface area contributed by atoms with E-state index in [-0.39, 0.29) is 5.41 Å². The summed E-state index contributed by atoms with van der Waals surface area (Å²) >= 11 is 0. The van der Waals surface area contributed by atoms with Crippen molar-refractivity contribution in [2.45, 2.75) is 19.3 Å². The molecule has 4 aromatic carbocycles. The first-order valence-corrected chi connectivity index (χ1v) is 10.9. The van der Waals surface area contributed by atoms with Gasteiger partial charge in [0.25, 0.3) is 0 Å². The first kappa shape index (κ1) is 17.0. The standard InChI is InChI=1S/C29H22N2/c1-29(2)26-18-19-10-6-8-14-23(19)31(26)25-17-16-22-21-13-7-9-15-24(21)30(28(22)27(25)29)20-11-4-3-5-12-20/h3-18H,1-2H3. The van der Waals surface area contributed by atoms with Crippen LogP contribution in [0.1, 0.15) is 25.1 Å². The quantitative estimate of drug-likeness (QED) is 0.274. The van der Waals surface area contributed by atoms with Gasteiger partial charge in [-0.2, -0.15) is 0 Å². The average Bonchev–Trinajstić information content (AvgIpc) is 3.41. The second-order valence-electron chi connectivity index (χ2n) is 9.09. The number of hydrogen-bond donors (Lipinski definition) is 0. The van der Waals surface area contributed by atoms with Crippen molar-refractivity contribution in [1.29, 1.82) is 0 Å². The summed E-state index contributed by atoms with van der Waals surface area (Å²) in [7, 11) is 0. The molecule has 0 N–H and O–H groups in total. The van der Waals surface area contributed by atoms with Crippen molar-refractivity contribution in [3.05, 3.63) is 108 Å². The van der Waals surface area contributed by atoms with E-state index in [0.29, 0.717) is 0 Å². The van der Waals surface area contributed by atoms with Crippen LogP contribution >= 0.6 is 0 Å². The van der Waals surface area contributed by atoms with Crippen molar-refractivity contribution < 1.29 is 0 Å². The van der Waals surface area contributed by atoms with Crippen LogP contribution in [-0.4, -0.2) is 9.13 Å². The second kappa shape index (κ2) is 5.67. The highest BCUT2D eigenvalue weighted by Gasteiger charge is 2.40. The van der Waals surface area contributed by atoms with Crippen molar-refractivity contribution in [3.8, 4) is 11.4 Å². The minimum atomic E-state index is -0.102. The van der Waals surface area contributed by atoms with Gasteiger partial charge in [-0.15, -0.1) is 0 Å². The fraction of sp³-hybridized carbons (Fsp3) is 0.103. The fourth-order valence-corrected chi connectivity index (χ4v) is 5.70. The fourth-order valence-electron chi connectivity index (χ4n) is 5.70. The third-order valence-electron chi connectivity index (χ3n) is 7.05. The molecule has 2 aromatic heterocycles. The molecule has 3 heterocycles. The van der Waals surface area contributed by atoms with Gasteiger partial charge >= 0.3 is 0 Å². The van der Waals surface area contributed by atoms with E-state index in [0.717, 1.165) is 0 Å². The van der Waals surface area contributed by atoms with E-state index in [4.69, 9.17) is 0 Å². The van der Waals surface area contributed by atoms with E-state index in [2.05, 4.69) is 120 Å². The third-order valence-corrected chi connectivity index (χ3v) is 7.05. The van der Waals surface area contributed by atoms with E-state index in [9.17, 15) is 0 Å². The highest BCUT2D eigenvalue weighted by molar-refractivity contribution is 6.12. The molecule has 0 aliphatic carbocycles. The van der Waals surface area contributed by atoms with Crippen LogP contribution in [-0.2, 0) is 5.41 Å². The number of nitrogens with zero attached hydrogens (tertiary/aromatic N) is 2. The predicted octanol–water partition coefficient (Wildman–Crippen LogP) is 7.37. The second-order valence-corrected chi connectivity index (χ2v) is 9.09. The van der Waals surface area contributed by atoms with Crippen LogP contribution in [0.3, 0.4) is 0 Å². The maximum absolute atomic E-state index is 2.47. The summed E-state index contributed by atoms with van der Waals surface area (Å²) < 4.78 is 4.93. The van der Waals surface area contributed by atoms with E-state index in [1.54, 1.807) is 0 Å². The topological polar surface area (TPSA) is 9.86 Å². The molecule has 6 aromatic rings. The molecular weight excluding hydrogens is 376 g/mol. The smallest absolute Gasteiger partial charge is 0.0603 e. The van der Waals surface area contributed by atoms with Gasteiger partial charge in [0.1, 0.15) is 0 Å². The molecule has 148 valence electrons. The Bertz CT molecular complexity index is 1650. The summed E-state index contributed by atoms with van der Waals surface area (Å²) in [5.41, 5.74) is 9.04. The maximum atomic E-state index is 2.47. The lowest BCUT2D eigenvalue weighted by atomic mass is 9.82. The van der Waals surface area contributed by atoms with Crippen molar-refractivity contribution in [1.82, 2.24) is 9.13 Å². The van der Waals surface area contributed by atoms with E-state index in [1.165, 1.54) is 55.3 Å². The molecule has 0 bridgehead atoms. The molecular formula is C29H22N2. The van der Waals surface area contributed by atoms with E-state index in [1.807, 2.05) is 0 Å². The molecule has 0 spiro atoms. The van der Waals surface area contributed by atoms with Crippen LogP contribution in [0.15, 0.2) is 97.1 Å². The summed E-state index contributed by atoms with van der Waals surface area (Å²) in [6, 6.07) is 35.3. The Morgan fingerprint density at radius 1 is 0.613 bits per heavy atom. The average molecular weight is 399 g/mol.